The minimum atomic E-state index is 0.156. The second-order valence-corrected chi connectivity index (χ2v) is 8.40. The van der Waals surface area contributed by atoms with E-state index in [0.29, 0.717) is 13.0 Å². The Labute approximate surface area is 177 Å². The highest BCUT2D eigenvalue weighted by molar-refractivity contribution is 6.31. The summed E-state index contributed by atoms with van der Waals surface area (Å²) in [4.78, 5) is 17.5. The molecule has 0 aromatic heterocycles. The fourth-order valence-electron chi connectivity index (χ4n) is 4.82. The molecular weight excluding hydrogens is 376 g/mol. The zero-order chi connectivity index (χ0) is 20.5. The van der Waals surface area contributed by atoms with E-state index >= 15 is 0 Å². The molecule has 0 saturated carbocycles. The summed E-state index contributed by atoms with van der Waals surface area (Å²) in [6.45, 7) is 6.80. The first kappa shape index (κ1) is 19.5. The lowest BCUT2D eigenvalue weighted by Crippen LogP contribution is -2.47. The molecule has 0 radical (unpaired) electrons. The number of aliphatic hydroxyl groups is 1. The highest BCUT2D eigenvalue weighted by Crippen LogP contribution is 2.40. The number of benzene rings is 2. The van der Waals surface area contributed by atoms with Crippen LogP contribution < -0.4 is 0 Å². The van der Waals surface area contributed by atoms with Gasteiger partial charge < -0.3 is 14.7 Å². The Morgan fingerprint density at radius 3 is 2.47 bits per heavy atom. The van der Waals surface area contributed by atoms with Crippen molar-refractivity contribution in [3.63, 3.8) is 0 Å². The van der Waals surface area contributed by atoms with Crippen LogP contribution in [0.15, 0.2) is 42.5 Å². The molecule has 1 aliphatic carbocycles. The maximum absolute atomic E-state index is 12.7. The van der Waals surface area contributed by atoms with E-state index in [2.05, 4.69) is 28.0 Å². The summed E-state index contributed by atoms with van der Waals surface area (Å²) < 4.78 is 6.04. The molecule has 0 bridgehead atoms. The second-order valence-electron chi connectivity index (χ2n) is 8.40. The molecule has 1 fully saturated rings. The molecule has 2 aliphatic heterocycles. The van der Waals surface area contributed by atoms with Gasteiger partial charge in [-0.25, -0.2) is 0 Å². The predicted molar refractivity (Wildman–Crippen MR) is 117 cm³/mol. The number of hydrogen-bond acceptors (Lipinski definition) is 5. The van der Waals surface area contributed by atoms with Gasteiger partial charge in [0.25, 0.3) is 0 Å². The van der Waals surface area contributed by atoms with Crippen molar-refractivity contribution in [1.29, 1.82) is 0 Å². The number of carbonyl (C=O) groups is 1. The molecule has 2 heterocycles. The Balaban J connectivity index is 1.29. The summed E-state index contributed by atoms with van der Waals surface area (Å²) in [5.74, 6) is 0.912. The van der Waals surface area contributed by atoms with Gasteiger partial charge in [0.05, 0.1) is 12.2 Å². The van der Waals surface area contributed by atoms with E-state index in [-0.39, 0.29) is 12.4 Å². The third kappa shape index (κ3) is 3.69. The summed E-state index contributed by atoms with van der Waals surface area (Å²) in [5.41, 5.74) is 6.43. The van der Waals surface area contributed by atoms with Crippen LogP contribution in [0.2, 0.25) is 0 Å². The van der Waals surface area contributed by atoms with Crippen LogP contribution >= 0.6 is 0 Å². The van der Waals surface area contributed by atoms with E-state index < -0.39 is 0 Å². The maximum atomic E-state index is 12.7. The number of ketones is 1. The molecule has 0 atom stereocenters. The number of fused-ring (bicyclic) bond motifs is 2. The lowest BCUT2D eigenvalue weighted by atomic mass is 9.98. The monoisotopic (exact) mass is 404 g/mol. The van der Waals surface area contributed by atoms with E-state index in [0.717, 1.165) is 73.7 Å². The van der Waals surface area contributed by atoms with Gasteiger partial charge in [-0.15, -0.1) is 0 Å². The van der Waals surface area contributed by atoms with Crippen molar-refractivity contribution in [1.82, 2.24) is 9.80 Å². The van der Waals surface area contributed by atoms with Crippen LogP contribution in [0.5, 0.6) is 0 Å². The number of piperazine rings is 1. The molecule has 156 valence electrons. The number of aliphatic hydroxyl groups excluding tert-OH is 1. The average molecular weight is 405 g/mol. The van der Waals surface area contributed by atoms with Gasteiger partial charge in [-0.2, -0.15) is 0 Å². The molecule has 2 aromatic rings. The minimum Gasteiger partial charge on any atom is -0.487 e. The standard InChI is InChI=1S/C25H28N2O3/c28-14-13-27-11-9-26(10-12-27)8-7-18-5-6-22-20(15-18)17-30-25(22)24-21-4-2-1-3-19(21)16-23(24)29/h1-6,15,28H,7-14,16-17H2/b25-24+. The van der Waals surface area contributed by atoms with Crippen molar-refractivity contribution in [2.24, 2.45) is 0 Å². The van der Waals surface area contributed by atoms with Crippen LogP contribution in [0.4, 0.5) is 0 Å². The summed E-state index contributed by atoms with van der Waals surface area (Å²) in [5, 5.41) is 9.08. The fraction of sp³-hybridized carbons (Fsp3) is 0.400. The summed E-state index contributed by atoms with van der Waals surface area (Å²) in [6.07, 6.45) is 1.48. The van der Waals surface area contributed by atoms with E-state index in [4.69, 9.17) is 9.84 Å². The first-order chi connectivity index (χ1) is 14.7. The van der Waals surface area contributed by atoms with Crippen LogP contribution in [-0.4, -0.2) is 66.6 Å². The molecular formula is C25H28N2O3. The minimum absolute atomic E-state index is 0.156. The number of β-amino-alcohol motifs (C(OH)–C–C–N with tert-alkyl or cyclic N) is 1. The largest absolute Gasteiger partial charge is 0.487 e. The Bertz CT molecular complexity index is 990. The lowest BCUT2D eigenvalue weighted by Gasteiger charge is -2.34. The summed E-state index contributed by atoms with van der Waals surface area (Å²) >= 11 is 0. The Kier molecular flexibility index (Phi) is 5.42. The predicted octanol–water partition coefficient (Wildman–Crippen LogP) is 2.36. The Hall–Kier alpha value is -2.47. The first-order valence-electron chi connectivity index (χ1n) is 10.9. The van der Waals surface area contributed by atoms with Gasteiger partial charge in [-0.05, 0) is 23.1 Å². The molecule has 3 aliphatic rings. The molecule has 1 saturated heterocycles. The van der Waals surface area contributed by atoms with E-state index in [1.165, 1.54) is 11.1 Å². The topological polar surface area (TPSA) is 53.0 Å². The molecule has 0 spiro atoms. The van der Waals surface area contributed by atoms with E-state index in [9.17, 15) is 4.79 Å². The van der Waals surface area contributed by atoms with Crippen LogP contribution in [-0.2, 0) is 29.0 Å². The van der Waals surface area contributed by atoms with E-state index in [1.807, 2.05) is 24.3 Å². The van der Waals surface area contributed by atoms with E-state index in [1.54, 1.807) is 0 Å². The number of rotatable bonds is 5. The fourth-order valence-corrected chi connectivity index (χ4v) is 4.82. The van der Waals surface area contributed by atoms with Gasteiger partial charge in [0.15, 0.2) is 5.78 Å². The zero-order valence-corrected chi connectivity index (χ0v) is 17.3. The Morgan fingerprint density at radius 1 is 0.900 bits per heavy atom. The number of hydrogen-bond donors (Lipinski definition) is 1. The molecule has 1 N–H and O–H groups in total. The molecule has 2 aromatic carbocycles. The summed E-state index contributed by atoms with van der Waals surface area (Å²) in [7, 11) is 0. The number of Topliss-reactive ketones (excluding diaryl/α,β-unsaturated/α-hetero) is 1. The van der Waals surface area contributed by atoms with Crippen LogP contribution in [0.25, 0.3) is 11.3 Å². The molecule has 5 rings (SSSR count). The molecule has 0 unspecified atom stereocenters. The van der Waals surface area contributed by atoms with Crippen LogP contribution in [0.1, 0.15) is 27.8 Å². The van der Waals surface area contributed by atoms with Crippen molar-refractivity contribution < 1.29 is 14.6 Å². The highest BCUT2D eigenvalue weighted by Gasteiger charge is 2.32. The normalized spacial score (nSPS) is 21.6. The van der Waals surface area contributed by atoms with Gasteiger partial charge in [0, 0.05) is 56.8 Å². The van der Waals surface area contributed by atoms with Gasteiger partial charge >= 0.3 is 0 Å². The van der Waals surface area contributed by atoms with Crippen molar-refractivity contribution in [3.05, 3.63) is 70.3 Å². The SMILES string of the molecule is O=C1Cc2ccccc2/C1=C1\OCc2cc(CCN3CCN(CCO)CC3)ccc21. The molecule has 5 heteroatoms. The lowest BCUT2D eigenvalue weighted by molar-refractivity contribution is -0.112. The third-order valence-corrected chi connectivity index (χ3v) is 6.53. The zero-order valence-electron chi connectivity index (χ0n) is 17.3. The van der Waals surface area contributed by atoms with Crippen molar-refractivity contribution in [2.75, 3.05) is 45.9 Å². The quantitative estimate of drug-likeness (QED) is 0.776. The van der Waals surface area contributed by atoms with Gasteiger partial charge in [-0.3, -0.25) is 9.69 Å². The van der Waals surface area contributed by atoms with Crippen molar-refractivity contribution >= 4 is 17.1 Å². The van der Waals surface area contributed by atoms with Crippen molar-refractivity contribution in [2.45, 2.75) is 19.4 Å². The van der Waals surface area contributed by atoms with Crippen LogP contribution in [0.3, 0.4) is 0 Å². The molecule has 0 amide bonds. The summed E-state index contributed by atoms with van der Waals surface area (Å²) in [6, 6.07) is 14.6. The Morgan fingerprint density at radius 2 is 1.67 bits per heavy atom. The smallest absolute Gasteiger partial charge is 0.171 e. The average Bonchev–Trinajstić information content (AvgIpc) is 3.32. The van der Waals surface area contributed by atoms with Gasteiger partial charge in [-0.1, -0.05) is 42.5 Å². The first-order valence-corrected chi connectivity index (χ1v) is 10.9. The number of carbonyl (C=O) groups excluding carboxylic acids is 1. The number of nitrogens with zero attached hydrogens (tertiary/aromatic N) is 2. The maximum Gasteiger partial charge on any atom is 0.171 e. The third-order valence-electron chi connectivity index (χ3n) is 6.53. The van der Waals surface area contributed by atoms with Crippen LogP contribution in [0, 0.1) is 0 Å². The second kappa shape index (κ2) is 8.34. The number of ether oxygens (including phenoxy) is 1. The van der Waals surface area contributed by atoms with Crippen molar-refractivity contribution in [3.8, 4) is 0 Å². The van der Waals surface area contributed by atoms with Gasteiger partial charge in [0.2, 0.25) is 0 Å². The van der Waals surface area contributed by atoms with Gasteiger partial charge in [0.1, 0.15) is 12.4 Å². The number of allylic oxidation sites excluding steroid dienone is 1. The highest BCUT2D eigenvalue weighted by atomic mass is 16.5. The molecule has 30 heavy (non-hydrogen) atoms. The molecule has 5 nitrogen and oxygen atoms in total.